The molecule has 0 aliphatic carbocycles. The lowest BCUT2D eigenvalue weighted by molar-refractivity contribution is 0.102. The summed E-state index contributed by atoms with van der Waals surface area (Å²) in [4.78, 5) is 20.4. The minimum absolute atomic E-state index is 0.272. The maximum Gasteiger partial charge on any atom is 0.275 e. The third-order valence-corrected chi connectivity index (χ3v) is 4.19. The molecular weight excluding hydrogens is 332 g/mol. The number of nitrogens with one attached hydrogen (secondary N) is 2. The van der Waals surface area contributed by atoms with Crippen LogP contribution >= 0.6 is 15.9 Å². The summed E-state index contributed by atoms with van der Waals surface area (Å²) in [5.41, 5.74) is 3.17. The second-order valence-electron chi connectivity index (χ2n) is 4.70. The van der Waals surface area contributed by atoms with Gasteiger partial charge >= 0.3 is 0 Å². The molecule has 0 saturated heterocycles. The Morgan fingerprint density at radius 3 is 2.38 bits per heavy atom. The first-order valence-corrected chi connectivity index (χ1v) is 7.44. The van der Waals surface area contributed by atoms with Crippen LogP contribution in [0.15, 0.2) is 29.0 Å². The smallest absolute Gasteiger partial charge is 0.275 e. The van der Waals surface area contributed by atoms with E-state index >= 15 is 0 Å². The predicted octanol–water partition coefficient (Wildman–Crippen LogP) is 3.54. The van der Waals surface area contributed by atoms with Crippen molar-refractivity contribution in [1.29, 1.82) is 0 Å². The van der Waals surface area contributed by atoms with Gasteiger partial charge in [-0.2, -0.15) is 0 Å². The molecule has 0 saturated carbocycles. The number of halogens is 1. The van der Waals surface area contributed by atoms with E-state index in [1.807, 2.05) is 32.9 Å². The molecule has 1 heterocycles. The van der Waals surface area contributed by atoms with Crippen LogP contribution in [0.4, 0.5) is 11.5 Å². The third-order valence-electron chi connectivity index (χ3n) is 2.94. The number of benzene rings is 1. The molecule has 2 rings (SSSR count). The molecule has 0 aliphatic rings. The van der Waals surface area contributed by atoms with Gasteiger partial charge in [-0.15, -0.1) is 0 Å². The molecule has 0 atom stereocenters. The summed E-state index contributed by atoms with van der Waals surface area (Å²) in [5, 5.41) is 5.87. The van der Waals surface area contributed by atoms with Crippen LogP contribution in [0.1, 0.15) is 28.5 Å². The number of anilines is 2. The average molecular weight is 349 g/mol. The van der Waals surface area contributed by atoms with E-state index < -0.39 is 0 Å². The number of amides is 1. The van der Waals surface area contributed by atoms with Crippen LogP contribution in [0.25, 0.3) is 0 Å². The van der Waals surface area contributed by atoms with Crippen molar-refractivity contribution in [1.82, 2.24) is 9.97 Å². The van der Waals surface area contributed by atoms with E-state index in [0.717, 1.165) is 27.8 Å². The van der Waals surface area contributed by atoms with Crippen molar-refractivity contribution in [2.75, 3.05) is 17.2 Å². The minimum atomic E-state index is -0.272. The van der Waals surface area contributed by atoms with Crippen LogP contribution in [0.2, 0.25) is 0 Å². The Labute approximate surface area is 132 Å². The Morgan fingerprint density at radius 2 is 1.86 bits per heavy atom. The predicted molar refractivity (Wildman–Crippen MR) is 87.8 cm³/mol. The average Bonchev–Trinajstić information content (AvgIpc) is 2.45. The highest BCUT2D eigenvalue weighted by atomic mass is 79.9. The number of carbonyl (C=O) groups excluding carboxylic acids is 1. The first-order valence-electron chi connectivity index (χ1n) is 6.65. The molecule has 1 aromatic heterocycles. The highest BCUT2D eigenvalue weighted by Gasteiger charge is 2.10. The van der Waals surface area contributed by atoms with Gasteiger partial charge in [0.25, 0.3) is 5.91 Å². The molecular formula is C15H17BrN4O. The van der Waals surface area contributed by atoms with Crippen LogP contribution in [0.3, 0.4) is 0 Å². The Morgan fingerprint density at radius 1 is 1.19 bits per heavy atom. The first kappa shape index (κ1) is 15.4. The van der Waals surface area contributed by atoms with E-state index in [4.69, 9.17) is 0 Å². The number of aryl methyl sites for hydroxylation is 2. The lowest BCUT2D eigenvalue weighted by Crippen LogP contribution is -2.14. The first-order chi connectivity index (χ1) is 10.0. The SMILES string of the molecule is CCNc1cnc(C(=O)Nc2cc(C)c(Br)c(C)c2)cn1. The summed E-state index contributed by atoms with van der Waals surface area (Å²) in [6.07, 6.45) is 3.02. The van der Waals surface area contributed by atoms with E-state index in [2.05, 4.69) is 36.5 Å². The van der Waals surface area contributed by atoms with Crippen LogP contribution in [-0.4, -0.2) is 22.4 Å². The van der Waals surface area contributed by atoms with Gasteiger partial charge in [0.2, 0.25) is 0 Å². The van der Waals surface area contributed by atoms with Crippen molar-refractivity contribution < 1.29 is 4.79 Å². The van der Waals surface area contributed by atoms with E-state index in [9.17, 15) is 4.79 Å². The van der Waals surface area contributed by atoms with Crippen molar-refractivity contribution in [3.05, 3.63) is 45.8 Å². The molecule has 0 unspecified atom stereocenters. The Hall–Kier alpha value is -1.95. The lowest BCUT2D eigenvalue weighted by Gasteiger charge is -2.09. The molecule has 1 amide bonds. The molecule has 5 nitrogen and oxygen atoms in total. The highest BCUT2D eigenvalue weighted by molar-refractivity contribution is 9.10. The van der Waals surface area contributed by atoms with Crippen molar-refractivity contribution >= 4 is 33.3 Å². The number of rotatable bonds is 4. The summed E-state index contributed by atoms with van der Waals surface area (Å²) in [6, 6.07) is 3.82. The molecule has 6 heteroatoms. The molecule has 0 spiro atoms. The Kier molecular flexibility index (Phi) is 4.90. The molecule has 0 radical (unpaired) electrons. The fourth-order valence-electron chi connectivity index (χ4n) is 1.93. The third kappa shape index (κ3) is 3.78. The summed E-state index contributed by atoms with van der Waals surface area (Å²) in [7, 11) is 0. The molecule has 1 aromatic carbocycles. The Balaban J connectivity index is 2.14. The minimum Gasteiger partial charge on any atom is -0.369 e. The van der Waals surface area contributed by atoms with Gasteiger partial charge in [-0.05, 0) is 44.0 Å². The van der Waals surface area contributed by atoms with Gasteiger partial charge in [-0.25, -0.2) is 9.97 Å². The van der Waals surface area contributed by atoms with Crippen molar-refractivity contribution in [2.45, 2.75) is 20.8 Å². The zero-order valence-electron chi connectivity index (χ0n) is 12.2. The zero-order valence-corrected chi connectivity index (χ0v) is 13.8. The maximum absolute atomic E-state index is 12.1. The maximum atomic E-state index is 12.1. The van der Waals surface area contributed by atoms with Crippen LogP contribution in [0, 0.1) is 13.8 Å². The number of nitrogens with zero attached hydrogens (tertiary/aromatic N) is 2. The molecule has 0 fully saturated rings. The topological polar surface area (TPSA) is 66.9 Å². The second kappa shape index (κ2) is 6.67. The summed E-state index contributed by atoms with van der Waals surface area (Å²) >= 11 is 3.51. The summed E-state index contributed by atoms with van der Waals surface area (Å²) in [5.74, 6) is 0.385. The Bertz CT molecular complexity index is 632. The summed E-state index contributed by atoms with van der Waals surface area (Å²) < 4.78 is 1.05. The van der Waals surface area contributed by atoms with Crippen molar-refractivity contribution in [2.24, 2.45) is 0 Å². The fourth-order valence-corrected chi connectivity index (χ4v) is 2.16. The monoisotopic (exact) mass is 348 g/mol. The van der Waals surface area contributed by atoms with Gasteiger partial charge in [0, 0.05) is 16.7 Å². The highest BCUT2D eigenvalue weighted by Crippen LogP contribution is 2.25. The largest absolute Gasteiger partial charge is 0.369 e. The number of aromatic nitrogens is 2. The number of hydrogen-bond donors (Lipinski definition) is 2. The van der Waals surface area contributed by atoms with Crippen LogP contribution in [0.5, 0.6) is 0 Å². The van der Waals surface area contributed by atoms with E-state index in [0.29, 0.717) is 5.82 Å². The van der Waals surface area contributed by atoms with Crippen molar-refractivity contribution in [3.63, 3.8) is 0 Å². The standard InChI is InChI=1S/C15H17BrN4O/c1-4-17-13-8-18-12(7-19-13)15(21)20-11-5-9(2)14(16)10(3)6-11/h5-8H,4H2,1-3H3,(H,17,19)(H,20,21). The molecule has 0 bridgehead atoms. The van der Waals surface area contributed by atoms with Gasteiger partial charge in [-0.1, -0.05) is 15.9 Å². The molecule has 21 heavy (non-hydrogen) atoms. The zero-order chi connectivity index (χ0) is 15.4. The number of hydrogen-bond acceptors (Lipinski definition) is 4. The molecule has 0 aliphatic heterocycles. The van der Waals surface area contributed by atoms with Gasteiger partial charge in [-0.3, -0.25) is 4.79 Å². The van der Waals surface area contributed by atoms with E-state index in [-0.39, 0.29) is 11.6 Å². The van der Waals surface area contributed by atoms with Gasteiger partial charge < -0.3 is 10.6 Å². The van der Waals surface area contributed by atoms with Crippen molar-refractivity contribution in [3.8, 4) is 0 Å². The van der Waals surface area contributed by atoms with E-state index in [1.165, 1.54) is 6.20 Å². The molecule has 2 N–H and O–H groups in total. The van der Waals surface area contributed by atoms with Gasteiger partial charge in [0.05, 0.1) is 12.4 Å². The molecule has 2 aromatic rings. The van der Waals surface area contributed by atoms with Gasteiger partial charge in [0.1, 0.15) is 11.5 Å². The fraction of sp³-hybridized carbons (Fsp3) is 0.267. The van der Waals surface area contributed by atoms with E-state index in [1.54, 1.807) is 6.20 Å². The quantitative estimate of drug-likeness (QED) is 0.886. The van der Waals surface area contributed by atoms with Gasteiger partial charge in [0.15, 0.2) is 0 Å². The summed E-state index contributed by atoms with van der Waals surface area (Å²) in [6.45, 7) is 6.70. The van der Waals surface area contributed by atoms with Crippen LogP contribution < -0.4 is 10.6 Å². The number of carbonyl (C=O) groups is 1. The van der Waals surface area contributed by atoms with Crippen LogP contribution in [-0.2, 0) is 0 Å². The normalized spacial score (nSPS) is 10.3. The second-order valence-corrected chi connectivity index (χ2v) is 5.49. The lowest BCUT2D eigenvalue weighted by atomic mass is 10.1. The molecule has 110 valence electrons.